The predicted molar refractivity (Wildman–Crippen MR) is 77.2 cm³/mol. The zero-order chi connectivity index (χ0) is 17.0. The van der Waals surface area contributed by atoms with Crippen LogP contribution in [0.4, 0.5) is 13.2 Å². The van der Waals surface area contributed by atoms with Crippen LogP contribution in [0.5, 0.6) is 0 Å². The van der Waals surface area contributed by atoms with Crippen LogP contribution in [-0.4, -0.2) is 40.5 Å². The molecule has 0 aliphatic heterocycles. The number of likely N-dealkylation sites (N-methyl/N-ethyl adjacent to an activating group) is 1. The number of hydrogen-bond donors (Lipinski definition) is 2. The zero-order valence-corrected chi connectivity index (χ0v) is 12.6. The molecule has 0 saturated heterocycles. The van der Waals surface area contributed by atoms with E-state index in [4.69, 9.17) is 0 Å². The van der Waals surface area contributed by atoms with Crippen molar-refractivity contribution in [1.29, 1.82) is 0 Å². The maximum atomic E-state index is 12.7. The zero-order valence-electron chi connectivity index (χ0n) is 12.6. The van der Waals surface area contributed by atoms with Gasteiger partial charge in [-0.15, -0.1) is 5.10 Å². The first-order chi connectivity index (χ1) is 10.8. The Morgan fingerprint density at radius 3 is 2.78 bits per heavy atom. The topological polar surface area (TPSA) is 71.8 Å². The molecule has 1 heterocycles. The first kappa shape index (κ1) is 16.9. The van der Waals surface area contributed by atoms with Crippen molar-refractivity contribution >= 4 is 5.91 Å². The van der Waals surface area contributed by atoms with Crippen LogP contribution in [0.25, 0.3) is 5.69 Å². The summed E-state index contributed by atoms with van der Waals surface area (Å²) in [5.74, 6) is -0.440. The number of hydrogen-bond acceptors (Lipinski definition) is 4. The molecule has 0 radical (unpaired) electrons. The van der Waals surface area contributed by atoms with Crippen molar-refractivity contribution < 1.29 is 18.0 Å². The molecular weight excluding hydrogens is 311 g/mol. The normalized spacial score (nSPS) is 12.9. The van der Waals surface area contributed by atoms with E-state index < -0.39 is 17.6 Å². The minimum absolute atomic E-state index is 0.0331. The van der Waals surface area contributed by atoms with Crippen molar-refractivity contribution in [1.82, 2.24) is 25.6 Å². The molecule has 1 aromatic carbocycles. The second-order valence-corrected chi connectivity index (χ2v) is 5.00. The van der Waals surface area contributed by atoms with E-state index in [1.165, 1.54) is 18.3 Å². The van der Waals surface area contributed by atoms with Gasteiger partial charge in [0.2, 0.25) is 0 Å². The number of carbonyl (C=O) groups excluding carboxylic acids is 1. The number of nitrogens with one attached hydrogen (secondary N) is 2. The molecule has 0 fully saturated rings. The number of benzene rings is 1. The van der Waals surface area contributed by atoms with E-state index in [-0.39, 0.29) is 17.4 Å². The SMILES string of the molecule is CNC(C)CNC(=O)c1cn(-c2cccc(C(F)(F)F)c2)nn1. The van der Waals surface area contributed by atoms with Gasteiger partial charge in [-0.1, -0.05) is 11.3 Å². The van der Waals surface area contributed by atoms with E-state index in [9.17, 15) is 18.0 Å². The third kappa shape index (κ3) is 4.28. The van der Waals surface area contributed by atoms with Gasteiger partial charge in [0, 0.05) is 12.6 Å². The Morgan fingerprint density at radius 1 is 1.39 bits per heavy atom. The van der Waals surface area contributed by atoms with Crippen LogP contribution in [0.2, 0.25) is 0 Å². The lowest BCUT2D eigenvalue weighted by Gasteiger charge is -2.10. The van der Waals surface area contributed by atoms with Crippen LogP contribution >= 0.6 is 0 Å². The van der Waals surface area contributed by atoms with Gasteiger partial charge in [-0.3, -0.25) is 4.79 Å². The van der Waals surface area contributed by atoms with Crippen molar-refractivity contribution in [2.24, 2.45) is 0 Å². The second kappa shape index (κ2) is 6.78. The van der Waals surface area contributed by atoms with Crippen LogP contribution in [0.1, 0.15) is 23.0 Å². The number of alkyl halides is 3. The maximum absolute atomic E-state index is 12.7. The van der Waals surface area contributed by atoms with Gasteiger partial charge in [-0.25, -0.2) is 4.68 Å². The number of aromatic nitrogens is 3. The fourth-order valence-corrected chi connectivity index (χ4v) is 1.76. The number of nitrogens with zero attached hydrogens (tertiary/aromatic N) is 3. The smallest absolute Gasteiger partial charge is 0.349 e. The van der Waals surface area contributed by atoms with Crippen LogP contribution in [0.3, 0.4) is 0 Å². The monoisotopic (exact) mass is 327 g/mol. The minimum atomic E-state index is -4.44. The summed E-state index contributed by atoms with van der Waals surface area (Å²) in [6, 6.07) is 4.72. The van der Waals surface area contributed by atoms with Gasteiger partial charge in [0.25, 0.3) is 5.91 Å². The van der Waals surface area contributed by atoms with E-state index in [2.05, 4.69) is 20.9 Å². The highest BCUT2D eigenvalue weighted by Crippen LogP contribution is 2.30. The average Bonchev–Trinajstić information content (AvgIpc) is 3.01. The Kier molecular flexibility index (Phi) is 4.99. The number of amides is 1. The molecule has 0 aliphatic carbocycles. The molecule has 2 N–H and O–H groups in total. The molecule has 1 amide bonds. The Hall–Kier alpha value is -2.42. The van der Waals surface area contributed by atoms with Crippen LogP contribution in [0, 0.1) is 0 Å². The van der Waals surface area contributed by atoms with Crippen LogP contribution < -0.4 is 10.6 Å². The third-order valence-electron chi connectivity index (χ3n) is 3.23. The summed E-state index contributed by atoms with van der Waals surface area (Å²) in [5, 5.41) is 13.0. The van der Waals surface area contributed by atoms with E-state index in [1.807, 2.05) is 6.92 Å². The van der Waals surface area contributed by atoms with Crippen molar-refractivity contribution in [3.63, 3.8) is 0 Å². The van der Waals surface area contributed by atoms with E-state index in [0.717, 1.165) is 16.8 Å². The molecule has 0 spiro atoms. The van der Waals surface area contributed by atoms with Crippen molar-refractivity contribution in [2.45, 2.75) is 19.1 Å². The molecule has 2 rings (SSSR count). The standard InChI is InChI=1S/C14H16F3N5O/c1-9(18-2)7-19-13(23)12-8-22(21-20-12)11-5-3-4-10(6-11)14(15,16)17/h3-6,8-9,18H,7H2,1-2H3,(H,19,23). The summed E-state index contributed by atoms with van der Waals surface area (Å²) in [7, 11) is 1.76. The summed E-state index contributed by atoms with van der Waals surface area (Å²) >= 11 is 0. The van der Waals surface area contributed by atoms with Crippen LogP contribution in [0.15, 0.2) is 30.5 Å². The molecule has 1 aromatic heterocycles. The molecule has 1 atom stereocenters. The number of rotatable bonds is 5. The van der Waals surface area contributed by atoms with Crippen LogP contribution in [-0.2, 0) is 6.18 Å². The molecule has 0 saturated carbocycles. The molecule has 2 aromatic rings. The Morgan fingerprint density at radius 2 is 2.13 bits per heavy atom. The summed E-state index contributed by atoms with van der Waals surface area (Å²) in [5.41, 5.74) is -0.583. The van der Waals surface area contributed by atoms with Gasteiger partial charge in [-0.05, 0) is 32.2 Å². The molecule has 9 heteroatoms. The third-order valence-corrected chi connectivity index (χ3v) is 3.23. The Bertz CT molecular complexity index is 683. The van der Waals surface area contributed by atoms with Crippen molar-refractivity contribution in [3.8, 4) is 5.69 Å². The first-order valence-corrected chi connectivity index (χ1v) is 6.86. The van der Waals surface area contributed by atoms with E-state index in [0.29, 0.717) is 6.54 Å². The lowest BCUT2D eigenvalue weighted by Crippen LogP contribution is -2.37. The van der Waals surface area contributed by atoms with Gasteiger partial charge < -0.3 is 10.6 Å². The predicted octanol–water partition coefficient (Wildman–Crippen LogP) is 1.62. The molecule has 124 valence electrons. The molecule has 0 aliphatic rings. The average molecular weight is 327 g/mol. The fourth-order valence-electron chi connectivity index (χ4n) is 1.76. The highest BCUT2D eigenvalue weighted by Gasteiger charge is 2.30. The van der Waals surface area contributed by atoms with Crippen molar-refractivity contribution in [3.05, 3.63) is 41.7 Å². The van der Waals surface area contributed by atoms with E-state index in [1.54, 1.807) is 7.05 Å². The molecule has 1 unspecified atom stereocenters. The molecular formula is C14H16F3N5O. The minimum Gasteiger partial charge on any atom is -0.349 e. The first-order valence-electron chi connectivity index (χ1n) is 6.86. The summed E-state index contributed by atoms with van der Waals surface area (Å²) in [6.07, 6.45) is -3.16. The highest BCUT2D eigenvalue weighted by molar-refractivity contribution is 5.91. The van der Waals surface area contributed by atoms with Gasteiger partial charge in [-0.2, -0.15) is 13.2 Å². The molecule has 6 nitrogen and oxygen atoms in total. The lowest BCUT2D eigenvalue weighted by molar-refractivity contribution is -0.137. The molecule has 23 heavy (non-hydrogen) atoms. The van der Waals surface area contributed by atoms with Crippen molar-refractivity contribution in [2.75, 3.05) is 13.6 Å². The summed E-state index contributed by atoms with van der Waals surface area (Å²) < 4.78 is 39.3. The fraction of sp³-hybridized carbons (Fsp3) is 0.357. The summed E-state index contributed by atoms with van der Waals surface area (Å²) in [4.78, 5) is 11.9. The van der Waals surface area contributed by atoms with Gasteiger partial charge >= 0.3 is 6.18 Å². The van der Waals surface area contributed by atoms with Gasteiger partial charge in [0.05, 0.1) is 17.4 Å². The highest BCUT2D eigenvalue weighted by atomic mass is 19.4. The maximum Gasteiger partial charge on any atom is 0.416 e. The Labute approximate surface area is 130 Å². The summed E-state index contributed by atoms with van der Waals surface area (Å²) in [6.45, 7) is 2.28. The van der Waals surface area contributed by atoms with Gasteiger partial charge in [0.1, 0.15) is 0 Å². The number of halogens is 3. The van der Waals surface area contributed by atoms with Gasteiger partial charge in [0.15, 0.2) is 5.69 Å². The Balaban J connectivity index is 2.15. The quantitative estimate of drug-likeness (QED) is 0.875. The largest absolute Gasteiger partial charge is 0.416 e. The molecule has 0 bridgehead atoms. The second-order valence-electron chi connectivity index (χ2n) is 5.00. The number of carbonyl (C=O) groups is 1. The lowest BCUT2D eigenvalue weighted by atomic mass is 10.2. The van der Waals surface area contributed by atoms with E-state index >= 15 is 0 Å².